The molecule has 2 unspecified atom stereocenters. The van der Waals surface area contributed by atoms with Gasteiger partial charge in [-0.15, -0.1) is 0 Å². The minimum atomic E-state index is 0.567. The van der Waals surface area contributed by atoms with E-state index in [1.807, 2.05) is 6.20 Å². The molecule has 0 radical (unpaired) electrons. The van der Waals surface area contributed by atoms with Crippen LogP contribution in [0.3, 0.4) is 0 Å². The lowest BCUT2D eigenvalue weighted by Gasteiger charge is -2.37. The van der Waals surface area contributed by atoms with Crippen molar-refractivity contribution in [3.05, 3.63) is 12.4 Å². The van der Waals surface area contributed by atoms with Crippen molar-refractivity contribution in [2.75, 3.05) is 23.3 Å². The summed E-state index contributed by atoms with van der Waals surface area (Å²) in [6.45, 7) is 8.61. The van der Waals surface area contributed by atoms with E-state index in [-0.39, 0.29) is 0 Å². The highest BCUT2D eigenvalue weighted by Gasteiger charge is 2.24. The van der Waals surface area contributed by atoms with Crippen molar-refractivity contribution < 1.29 is 0 Å². The third-order valence-corrected chi connectivity index (χ3v) is 3.39. The lowest BCUT2D eigenvalue weighted by atomic mass is 9.95. The number of hydrogen-bond donors (Lipinski definition) is 1. The largest absolute Gasteiger partial charge is 0.369 e. The van der Waals surface area contributed by atoms with E-state index >= 15 is 0 Å². The molecule has 1 aliphatic rings. The lowest BCUT2D eigenvalue weighted by molar-refractivity contribution is 0.388. The summed E-state index contributed by atoms with van der Waals surface area (Å²) in [6, 6.07) is 0.567. The zero-order chi connectivity index (χ0) is 12.3. The normalized spacial score (nSPS) is 24.8. The molecule has 1 aliphatic heterocycles. The van der Waals surface area contributed by atoms with Gasteiger partial charge in [-0.3, -0.25) is 4.98 Å². The van der Waals surface area contributed by atoms with Gasteiger partial charge in [-0.2, -0.15) is 0 Å². The fraction of sp³-hybridized carbons (Fsp3) is 0.692. The molecule has 0 amide bonds. The molecular weight excluding hydrogens is 212 g/mol. The Labute approximate surface area is 103 Å². The molecule has 94 valence electrons. The van der Waals surface area contributed by atoms with E-state index < -0.39 is 0 Å². The number of nitrogens with one attached hydrogen (secondary N) is 1. The van der Waals surface area contributed by atoms with Crippen molar-refractivity contribution in [3.8, 4) is 0 Å². The first-order valence-corrected chi connectivity index (χ1v) is 6.53. The summed E-state index contributed by atoms with van der Waals surface area (Å²) in [5, 5.41) is 3.21. The first-order chi connectivity index (χ1) is 8.20. The van der Waals surface area contributed by atoms with Gasteiger partial charge in [-0.1, -0.05) is 6.92 Å². The van der Waals surface area contributed by atoms with E-state index in [2.05, 4.69) is 41.0 Å². The van der Waals surface area contributed by atoms with Gasteiger partial charge in [0.25, 0.3) is 0 Å². The molecule has 2 atom stereocenters. The molecule has 4 heteroatoms. The molecule has 0 aromatic carbocycles. The van der Waals surface area contributed by atoms with Crippen LogP contribution in [0.4, 0.5) is 11.6 Å². The van der Waals surface area contributed by atoms with Crippen molar-refractivity contribution in [2.45, 2.75) is 39.7 Å². The summed E-state index contributed by atoms with van der Waals surface area (Å²) in [5.74, 6) is 2.62. The third kappa shape index (κ3) is 2.87. The topological polar surface area (TPSA) is 41.1 Å². The van der Waals surface area contributed by atoms with Crippen LogP contribution < -0.4 is 10.2 Å². The number of nitrogens with zero attached hydrogens (tertiary/aromatic N) is 3. The average molecular weight is 234 g/mol. The van der Waals surface area contributed by atoms with Crippen LogP contribution >= 0.6 is 0 Å². The maximum Gasteiger partial charge on any atom is 0.149 e. The molecule has 0 spiro atoms. The molecule has 17 heavy (non-hydrogen) atoms. The maximum atomic E-state index is 4.62. The predicted octanol–water partition coefficient (Wildman–Crippen LogP) is 2.53. The van der Waals surface area contributed by atoms with Crippen LogP contribution in [0.25, 0.3) is 0 Å². The van der Waals surface area contributed by atoms with E-state index in [1.54, 1.807) is 6.20 Å². The van der Waals surface area contributed by atoms with E-state index in [0.717, 1.165) is 30.6 Å². The predicted molar refractivity (Wildman–Crippen MR) is 71.4 cm³/mol. The summed E-state index contributed by atoms with van der Waals surface area (Å²) in [6.07, 6.45) is 6.21. The number of piperidine rings is 1. The molecule has 1 saturated heterocycles. The second kappa shape index (κ2) is 5.34. The number of anilines is 2. The summed E-state index contributed by atoms with van der Waals surface area (Å²) in [5.41, 5.74) is 0. The van der Waals surface area contributed by atoms with Gasteiger partial charge in [0.15, 0.2) is 0 Å². The van der Waals surface area contributed by atoms with E-state index in [1.165, 1.54) is 12.8 Å². The summed E-state index contributed by atoms with van der Waals surface area (Å²) in [7, 11) is 0. The Morgan fingerprint density at radius 2 is 2.18 bits per heavy atom. The molecule has 1 fully saturated rings. The molecule has 1 N–H and O–H groups in total. The highest BCUT2D eigenvalue weighted by molar-refractivity contribution is 5.44. The van der Waals surface area contributed by atoms with Crippen LogP contribution in [-0.4, -0.2) is 29.1 Å². The smallest absolute Gasteiger partial charge is 0.149 e. The molecule has 2 heterocycles. The Morgan fingerprint density at radius 1 is 1.35 bits per heavy atom. The van der Waals surface area contributed by atoms with E-state index in [4.69, 9.17) is 0 Å². The standard InChI is InChI=1S/C13H22N4/c1-4-15-12-7-14-8-13(16-12)17-9-10(2)5-6-11(17)3/h7-8,10-11H,4-6,9H2,1-3H3,(H,15,16). The van der Waals surface area contributed by atoms with Crippen molar-refractivity contribution in [2.24, 2.45) is 5.92 Å². The fourth-order valence-corrected chi connectivity index (χ4v) is 2.37. The SMILES string of the molecule is CCNc1cncc(N2CC(C)CCC2C)n1. The van der Waals surface area contributed by atoms with Crippen LogP contribution in [0.5, 0.6) is 0 Å². The van der Waals surface area contributed by atoms with Gasteiger partial charge in [0.05, 0.1) is 12.4 Å². The average Bonchev–Trinajstić information content (AvgIpc) is 2.33. The Balaban J connectivity index is 2.16. The third-order valence-electron chi connectivity index (χ3n) is 3.39. The fourth-order valence-electron chi connectivity index (χ4n) is 2.37. The summed E-state index contributed by atoms with van der Waals surface area (Å²) >= 11 is 0. The summed E-state index contributed by atoms with van der Waals surface area (Å²) in [4.78, 5) is 11.3. The minimum absolute atomic E-state index is 0.567. The van der Waals surface area contributed by atoms with Crippen LogP contribution in [-0.2, 0) is 0 Å². The Hall–Kier alpha value is -1.32. The first-order valence-electron chi connectivity index (χ1n) is 6.53. The zero-order valence-electron chi connectivity index (χ0n) is 11.0. The Bertz CT molecular complexity index is 366. The number of rotatable bonds is 3. The Morgan fingerprint density at radius 3 is 2.94 bits per heavy atom. The molecular formula is C13H22N4. The molecule has 1 aromatic heterocycles. The number of hydrogen-bond acceptors (Lipinski definition) is 4. The first kappa shape index (κ1) is 12.1. The second-order valence-corrected chi connectivity index (χ2v) is 4.98. The molecule has 0 bridgehead atoms. The zero-order valence-corrected chi connectivity index (χ0v) is 11.0. The molecule has 0 saturated carbocycles. The van der Waals surface area contributed by atoms with Gasteiger partial charge < -0.3 is 10.2 Å². The summed E-state index contributed by atoms with van der Waals surface area (Å²) < 4.78 is 0. The van der Waals surface area contributed by atoms with Crippen molar-refractivity contribution >= 4 is 11.6 Å². The molecule has 0 aliphatic carbocycles. The lowest BCUT2D eigenvalue weighted by Crippen LogP contribution is -2.41. The number of aromatic nitrogens is 2. The van der Waals surface area contributed by atoms with Gasteiger partial charge in [0.2, 0.25) is 0 Å². The van der Waals surface area contributed by atoms with Crippen LogP contribution in [0.1, 0.15) is 33.6 Å². The van der Waals surface area contributed by atoms with Crippen molar-refractivity contribution in [1.29, 1.82) is 0 Å². The minimum Gasteiger partial charge on any atom is -0.369 e. The van der Waals surface area contributed by atoms with E-state index in [9.17, 15) is 0 Å². The van der Waals surface area contributed by atoms with E-state index in [0.29, 0.717) is 6.04 Å². The highest BCUT2D eigenvalue weighted by Crippen LogP contribution is 2.26. The van der Waals surface area contributed by atoms with Crippen molar-refractivity contribution in [1.82, 2.24) is 9.97 Å². The molecule has 1 aromatic rings. The van der Waals surface area contributed by atoms with Gasteiger partial charge >= 0.3 is 0 Å². The van der Waals surface area contributed by atoms with Gasteiger partial charge in [-0.05, 0) is 32.6 Å². The van der Waals surface area contributed by atoms with Crippen LogP contribution in [0.2, 0.25) is 0 Å². The van der Waals surface area contributed by atoms with Crippen LogP contribution in [0, 0.1) is 5.92 Å². The second-order valence-electron chi connectivity index (χ2n) is 4.98. The van der Waals surface area contributed by atoms with Gasteiger partial charge in [0.1, 0.15) is 11.6 Å². The molecule has 4 nitrogen and oxygen atoms in total. The highest BCUT2D eigenvalue weighted by atomic mass is 15.2. The van der Waals surface area contributed by atoms with Gasteiger partial charge in [0, 0.05) is 19.1 Å². The Kier molecular flexibility index (Phi) is 3.82. The van der Waals surface area contributed by atoms with Crippen LogP contribution in [0.15, 0.2) is 12.4 Å². The maximum absolute atomic E-state index is 4.62. The molecule has 2 rings (SSSR count). The van der Waals surface area contributed by atoms with Crippen molar-refractivity contribution in [3.63, 3.8) is 0 Å². The quantitative estimate of drug-likeness (QED) is 0.872. The van der Waals surface area contributed by atoms with Gasteiger partial charge in [-0.25, -0.2) is 4.98 Å². The monoisotopic (exact) mass is 234 g/mol.